The predicted octanol–water partition coefficient (Wildman–Crippen LogP) is 8.51. The van der Waals surface area contributed by atoms with Crippen LogP contribution in [0, 0.1) is 11.0 Å². The summed E-state index contributed by atoms with van der Waals surface area (Å²) in [5.41, 5.74) is 20.7. The molecule has 0 saturated carbocycles. The Hall–Kier alpha value is -5.94. The predicted molar refractivity (Wildman–Crippen MR) is 198 cm³/mol. The quantitative estimate of drug-likeness (QED) is 0.0397. The number of phenolic OH excluding ortho intramolecular Hbond substituents is 2. The minimum atomic E-state index is -5.07. The summed E-state index contributed by atoms with van der Waals surface area (Å²) in [6, 6.07) is 19.0. The second kappa shape index (κ2) is 13.0. The Morgan fingerprint density at radius 1 is 0.615 bits per heavy atom. The van der Waals surface area contributed by atoms with Crippen LogP contribution >= 0.6 is 0 Å². The van der Waals surface area contributed by atoms with Crippen LogP contribution in [0.3, 0.4) is 0 Å². The number of nitrogens with two attached hydrogens (primary N) is 2. The van der Waals surface area contributed by atoms with E-state index in [2.05, 4.69) is 21.3 Å². The zero-order chi connectivity index (χ0) is 39.3. The smallest absolute Gasteiger partial charge is 0.297 e. The van der Waals surface area contributed by atoms with E-state index in [4.69, 9.17) is 14.3 Å². The maximum atomic E-state index is 12.9. The third-order valence-electron chi connectivity index (χ3n) is 9.02. The zero-order valence-electron chi connectivity index (χ0n) is 29.5. The second-order valence-corrected chi connectivity index (χ2v) is 14.7. The number of nitrogens with one attached hydrogen (secondary N) is 2. The van der Waals surface area contributed by atoms with Gasteiger partial charge in [0.1, 0.15) is 21.2 Å². The lowest BCUT2D eigenvalue weighted by atomic mass is 9.87. The normalized spacial score (nSPS) is 13.0. The number of anilines is 2. The van der Waals surface area contributed by atoms with Gasteiger partial charge in [-0.1, -0.05) is 50.2 Å². The van der Waals surface area contributed by atoms with Crippen molar-refractivity contribution in [3.8, 4) is 44.9 Å². The van der Waals surface area contributed by atoms with Crippen LogP contribution in [0.5, 0.6) is 11.5 Å². The maximum Gasteiger partial charge on any atom is 0.297 e. The summed E-state index contributed by atoms with van der Waals surface area (Å²) in [7, 11) is -10.1. The lowest BCUT2D eigenvalue weighted by Gasteiger charge is -2.20. The molecular formula is C36H32N6O8S2. The van der Waals surface area contributed by atoms with E-state index < -0.39 is 52.9 Å². The molecule has 0 fully saturated rings. The Kier molecular flexibility index (Phi) is 8.30. The molecule has 0 aliphatic rings. The average Bonchev–Trinajstić information content (AvgIpc) is 3.12. The van der Waals surface area contributed by atoms with Crippen molar-refractivity contribution >= 4 is 64.5 Å². The minimum Gasteiger partial charge on any atom is -0.505 e. The number of hydrogen-bond donors (Lipinski definition) is 8. The molecule has 14 nitrogen and oxygen atoms in total. The van der Waals surface area contributed by atoms with Gasteiger partial charge in [-0.25, -0.2) is 11.0 Å². The number of aromatic hydroxyl groups is 2. The molecule has 0 aliphatic heterocycles. The van der Waals surface area contributed by atoms with Crippen LogP contribution in [0.4, 0.5) is 22.7 Å². The fourth-order valence-electron chi connectivity index (χ4n) is 6.77. The Morgan fingerprint density at radius 2 is 1.00 bits per heavy atom. The number of benzene rings is 6. The van der Waals surface area contributed by atoms with E-state index in [-0.39, 0.29) is 44.0 Å². The van der Waals surface area contributed by atoms with E-state index >= 15 is 0 Å². The maximum absolute atomic E-state index is 12.9. The molecule has 0 spiro atoms. The van der Waals surface area contributed by atoms with Gasteiger partial charge in [-0.15, -0.1) is 0 Å². The van der Waals surface area contributed by atoms with Crippen LogP contribution in [0.1, 0.15) is 25.0 Å². The SMILES string of the molecule is [H]/N=N/c1c(S(=O)(=O)O)c(-c2ccc(-c3ccc(-c4c(S(=O)(=O)O)c(/N=N/[H])c(O)c5ccc(N)cc45)cc3CC)c(CC)c2)c2cc(N)ccc2c1O. The number of fused-ring (bicyclic) bond motifs is 2. The van der Waals surface area contributed by atoms with Gasteiger partial charge >= 0.3 is 0 Å². The van der Waals surface area contributed by atoms with Crippen LogP contribution in [0.15, 0.2) is 92.8 Å². The first kappa shape index (κ1) is 33.2. The highest BCUT2D eigenvalue weighted by Gasteiger charge is 2.31. The van der Waals surface area contributed by atoms with E-state index in [9.17, 15) is 36.2 Å². The molecule has 0 unspecified atom stereocenters. The third kappa shape index (κ3) is 5.86. The first-order valence-corrected chi connectivity index (χ1v) is 18.5. The van der Waals surface area contributed by atoms with Gasteiger partial charge in [0, 0.05) is 33.3 Å². The van der Waals surface area contributed by atoms with E-state index in [0.717, 1.165) is 22.3 Å². The fraction of sp³-hybridized carbons (Fsp3) is 0.111. The molecule has 10 N–H and O–H groups in total. The Bertz CT molecular complexity index is 2640. The van der Waals surface area contributed by atoms with Crippen molar-refractivity contribution in [3.63, 3.8) is 0 Å². The number of phenols is 2. The number of rotatable bonds is 9. The second-order valence-electron chi connectivity index (χ2n) is 12.0. The summed E-state index contributed by atoms with van der Waals surface area (Å²) in [5.74, 6) is -1.23. The molecule has 6 aromatic rings. The molecule has 6 rings (SSSR count). The molecule has 16 heteroatoms. The van der Waals surface area contributed by atoms with Crippen molar-refractivity contribution < 1.29 is 39.0 Å². The lowest BCUT2D eigenvalue weighted by Crippen LogP contribution is -2.04. The van der Waals surface area contributed by atoms with E-state index in [1.165, 1.54) is 36.4 Å². The molecule has 266 valence electrons. The zero-order valence-corrected chi connectivity index (χ0v) is 29.2. The molecule has 0 amide bonds. The van der Waals surface area contributed by atoms with Gasteiger partial charge in [-0.3, -0.25) is 9.11 Å². The van der Waals surface area contributed by atoms with Crippen LogP contribution in [0.2, 0.25) is 2.82 Å². The Balaban J connectivity index is 1.63. The molecule has 0 aromatic heterocycles. The molecule has 0 bridgehead atoms. The van der Waals surface area contributed by atoms with Gasteiger partial charge in [0.2, 0.25) is 2.82 Å². The summed E-state index contributed by atoms with van der Waals surface area (Å²) in [6.45, 7) is 3.76. The summed E-state index contributed by atoms with van der Waals surface area (Å²) >= 11 is 0. The van der Waals surface area contributed by atoms with Crippen molar-refractivity contribution in [3.05, 3.63) is 83.9 Å². The Labute approximate surface area is 300 Å². The minimum absolute atomic E-state index is 0.0239. The van der Waals surface area contributed by atoms with Crippen molar-refractivity contribution in [1.82, 2.24) is 0 Å². The molecule has 0 heterocycles. The molecular weight excluding hydrogens is 709 g/mol. The first-order chi connectivity index (χ1) is 25.5. The number of nitrogen functional groups attached to an aromatic ring is 2. The molecule has 0 radical (unpaired) electrons. The van der Waals surface area contributed by atoms with Gasteiger partial charge in [-0.2, -0.15) is 27.1 Å². The first-order valence-electron chi connectivity index (χ1n) is 16.5. The highest BCUT2D eigenvalue weighted by atomic mass is 32.2. The van der Waals surface area contributed by atoms with Crippen molar-refractivity contribution in [2.45, 2.75) is 36.5 Å². The van der Waals surface area contributed by atoms with Gasteiger partial charge in [0.15, 0.2) is 11.5 Å². The monoisotopic (exact) mass is 740 g/mol. The van der Waals surface area contributed by atoms with Gasteiger partial charge in [0.05, 0.1) is 0 Å². The van der Waals surface area contributed by atoms with E-state index in [1.807, 2.05) is 13.8 Å². The molecule has 6 aromatic carbocycles. The van der Waals surface area contributed by atoms with E-state index in [0.29, 0.717) is 24.0 Å². The van der Waals surface area contributed by atoms with Crippen molar-refractivity contribution in [1.29, 1.82) is 11.0 Å². The summed E-state index contributed by atoms with van der Waals surface area (Å²) in [5, 5.41) is 29.8. The molecule has 0 saturated heterocycles. The number of aryl methyl sites for hydroxylation is 2. The van der Waals surface area contributed by atoms with Crippen LogP contribution in [-0.2, 0) is 33.1 Å². The third-order valence-corrected chi connectivity index (χ3v) is 10.9. The highest BCUT2D eigenvalue weighted by molar-refractivity contribution is 7.86. The number of nitrogens with zero attached hydrogens (tertiary/aromatic N) is 2. The summed E-state index contributed by atoms with van der Waals surface area (Å²) in [4.78, 5) is -1.52. The number of hydrogen-bond acceptors (Lipinski definition) is 12. The van der Waals surface area contributed by atoms with Crippen molar-refractivity contribution in [2.75, 3.05) is 11.5 Å². The van der Waals surface area contributed by atoms with Gasteiger partial charge in [-0.05, 0) is 93.4 Å². The highest BCUT2D eigenvalue weighted by Crippen LogP contribution is 2.50. The molecule has 52 heavy (non-hydrogen) atoms. The average molecular weight is 741 g/mol. The van der Waals surface area contributed by atoms with E-state index in [1.54, 1.807) is 36.4 Å². The van der Waals surface area contributed by atoms with Crippen LogP contribution in [0.25, 0.3) is 54.9 Å². The lowest BCUT2D eigenvalue weighted by molar-refractivity contribution is 0.472. The largest absolute Gasteiger partial charge is 0.505 e. The summed E-state index contributed by atoms with van der Waals surface area (Å²) in [6.07, 6.45) is 0.867. The van der Waals surface area contributed by atoms with Crippen LogP contribution in [-0.4, -0.2) is 36.2 Å². The Morgan fingerprint density at radius 3 is 1.33 bits per heavy atom. The topological polar surface area (TPSA) is 274 Å². The van der Waals surface area contributed by atoms with Crippen LogP contribution < -0.4 is 11.5 Å². The van der Waals surface area contributed by atoms with Crippen molar-refractivity contribution in [2.24, 2.45) is 10.2 Å². The fourth-order valence-corrected chi connectivity index (χ4v) is 8.51. The summed E-state index contributed by atoms with van der Waals surface area (Å²) < 4.78 is 87.0. The van der Waals surface area contributed by atoms with Gasteiger partial charge < -0.3 is 21.7 Å². The standard InChI is InChI=1S/C36H32N6O8S2/c1-3-17-13-19(29-27-15-21(37)7-11-25(27)33(43)31(41-39)35(29)51(45,46)47)5-9-23(17)24-10-6-20(14-18(24)4-2)30-28-16-22(38)8-12-26(28)34(44)32(42-40)36(30)52(48,49)50/h5-16,39-40,43-44H,3-4,37-38H2,1-2H3,(H,45,46,47)(H,48,49,50)/b41-39+,42-40+. The molecule has 0 atom stereocenters. The van der Waals surface area contributed by atoms with Gasteiger partial charge in [0.25, 0.3) is 20.2 Å². The molecule has 0 aliphatic carbocycles.